The molecule has 0 aliphatic carbocycles. The van der Waals surface area contributed by atoms with Crippen molar-refractivity contribution in [2.45, 2.75) is 6.92 Å². The molecule has 0 radical (unpaired) electrons. The summed E-state index contributed by atoms with van der Waals surface area (Å²) in [4.78, 5) is 12.2. The lowest BCUT2D eigenvalue weighted by molar-refractivity contribution is 0.102. The number of anilines is 3. The first-order chi connectivity index (χ1) is 11.6. The fraction of sp³-hybridized carbons (Fsp3) is 0.0556. The Bertz CT molecular complexity index is 848. The van der Waals surface area contributed by atoms with Gasteiger partial charge in [0.25, 0.3) is 5.91 Å². The molecule has 1 aromatic heterocycles. The Balaban J connectivity index is 1.66. The number of aryl methyl sites for hydroxylation is 1. The normalized spacial score (nSPS) is 10.2. The largest absolute Gasteiger partial charge is 0.339 e. The van der Waals surface area contributed by atoms with Gasteiger partial charge in [-0.3, -0.25) is 4.79 Å². The quantitative estimate of drug-likeness (QED) is 0.694. The highest BCUT2D eigenvalue weighted by Gasteiger charge is 2.07. The van der Waals surface area contributed by atoms with Crippen molar-refractivity contribution in [3.05, 3.63) is 76.3 Å². The summed E-state index contributed by atoms with van der Waals surface area (Å²) in [5, 5.41) is 14.0. The molecule has 2 aromatic carbocycles. The van der Waals surface area contributed by atoms with Crippen LogP contribution in [0.1, 0.15) is 15.9 Å². The summed E-state index contributed by atoms with van der Waals surface area (Å²) in [5.74, 6) is 0.776. The van der Waals surface area contributed by atoms with Gasteiger partial charge in [0.05, 0.1) is 0 Å². The monoisotopic (exact) mass is 382 g/mol. The maximum atomic E-state index is 12.2. The number of aromatic nitrogens is 2. The molecule has 0 saturated heterocycles. The molecule has 0 aliphatic heterocycles. The van der Waals surface area contributed by atoms with Crippen LogP contribution in [0.3, 0.4) is 0 Å². The molecule has 3 aromatic rings. The van der Waals surface area contributed by atoms with E-state index in [1.165, 1.54) is 5.56 Å². The summed E-state index contributed by atoms with van der Waals surface area (Å²) >= 11 is 3.35. The fourth-order valence-corrected chi connectivity index (χ4v) is 2.47. The van der Waals surface area contributed by atoms with E-state index in [-0.39, 0.29) is 5.91 Å². The van der Waals surface area contributed by atoms with E-state index in [0.29, 0.717) is 17.2 Å². The van der Waals surface area contributed by atoms with E-state index in [4.69, 9.17) is 0 Å². The first kappa shape index (κ1) is 16.1. The third-order valence-corrected chi connectivity index (χ3v) is 3.81. The Hall–Kier alpha value is -2.73. The number of amides is 1. The predicted molar refractivity (Wildman–Crippen MR) is 98.6 cm³/mol. The van der Waals surface area contributed by atoms with Gasteiger partial charge < -0.3 is 10.6 Å². The second kappa shape index (κ2) is 7.23. The van der Waals surface area contributed by atoms with Gasteiger partial charge in [-0.1, -0.05) is 39.7 Å². The van der Waals surface area contributed by atoms with Crippen molar-refractivity contribution in [2.24, 2.45) is 0 Å². The van der Waals surface area contributed by atoms with Crippen molar-refractivity contribution < 1.29 is 4.79 Å². The van der Waals surface area contributed by atoms with E-state index in [1.807, 2.05) is 37.3 Å². The Morgan fingerprint density at radius 2 is 1.67 bits per heavy atom. The Labute approximate surface area is 148 Å². The van der Waals surface area contributed by atoms with Crippen LogP contribution in [0.4, 0.5) is 17.3 Å². The minimum atomic E-state index is -0.232. The van der Waals surface area contributed by atoms with Gasteiger partial charge >= 0.3 is 0 Å². The maximum absolute atomic E-state index is 12.2. The highest BCUT2D eigenvalue weighted by Crippen LogP contribution is 2.16. The zero-order chi connectivity index (χ0) is 16.9. The first-order valence-corrected chi connectivity index (χ1v) is 8.14. The molecule has 6 heteroatoms. The van der Waals surface area contributed by atoms with Gasteiger partial charge in [0.15, 0.2) is 11.6 Å². The van der Waals surface area contributed by atoms with Crippen LogP contribution in [0.25, 0.3) is 0 Å². The van der Waals surface area contributed by atoms with E-state index in [9.17, 15) is 4.79 Å². The van der Waals surface area contributed by atoms with Crippen LogP contribution in [0, 0.1) is 6.92 Å². The van der Waals surface area contributed by atoms with Crippen LogP contribution < -0.4 is 10.6 Å². The smallest absolute Gasteiger partial charge is 0.256 e. The molecule has 0 spiro atoms. The van der Waals surface area contributed by atoms with Crippen molar-refractivity contribution in [1.29, 1.82) is 0 Å². The molecule has 0 atom stereocenters. The molecule has 2 N–H and O–H groups in total. The molecule has 120 valence electrons. The lowest BCUT2D eigenvalue weighted by Crippen LogP contribution is -2.13. The third-order valence-electron chi connectivity index (χ3n) is 3.32. The van der Waals surface area contributed by atoms with Crippen molar-refractivity contribution in [1.82, 2.24) is 10.2 Å². The number of nitrogens with one attached hydrogen (secondary N) is 2. The zero-order valence-corrected chi connectivity index (χ0v) is 14.5. The van der Waals surface area contributed by atoms with Crippen LogP contribution >= 0.6 is 15.9 Å². The second-order valence-electron chi connectivity index (χ2n) is 5.26. The molecular formula is C18H15BrN4O. The van der Waals surface area contributed by atoms with E-state index < -0.39 is 0 Å². The van der Waals surface area contributed by atoms with Gasteiger partial charge in [-0.2, -0.15) is 0 Å². The summed E-state index contributed by atoms with van der Waals surface area (Å²) < 4.78 is 0.846. The van der Waals surface area contributed by atoms with Gasteiger partial charge in [-0.05, 0) is 49.4 Å². The molecule has 0 bridgehead atoms. The van der Waals surface area contributed by atoms with Crippen LogP contribution in [-0.2, 0) is 0 Å². The fourth-order valence-electron chi connectivity index (χ4n) is 2.07. The number of hydrogen-bond donors (Lipinski definition) is 2. The maximum Gasteiger partial charge on any atom is 0.256 e. The molecule has 0 unspecified atom stereocenters. The van der Waals surface area contributed by atoms with E-state index in [1.54, 1.807) is 30.3 Å². The van der Waals surface area contributed by atoms with Crippen molar-refractivity contribution in [3.8, 4) is 0 Å². The highest BCUT2D eigenvalue weighted by atomic mass is 79.9. The number of carbonyl (C=O) groups is 1. The number of benzene rings is 2. The highest BCUT2D eigenvalue weighted by molar-refractivity contribution is 9.10. The first-order valence-electron chi connectivity index (χ1n) is 7.34. The van der Waals surface area contributed by atoms with E-state index in [2.05, 4.69) is 36.8 Å². The minimum Gasteiger partial charge on any atom is -0.339 e. The van der Waals surface area contributed by atoms with Gasteiger partial charge in [0.2, 0.25) is 0 Å². The summed E-state index contributed by atoms with van der Waals surface area (Å²) in [6.45, 7) is 2.03. The summed E-state index contributed by atoms with van der Waals surface area (Å²) in [6.07, 6.45) is 0. The van der Waals surface area contributed by atoms with E-state index >= 15 is 0 Å². The van der Waals surface area contributed by atoms with Crippen LogP contribution in [0.15, 0.2) is 65.1 Å². The second-order valence-corrected chi connectivity index (χ2v) is 6.17. The van der Waals surface area contributed by atoms with Gasteiger partial charge in [-0.25, -0.2) is 0 Å². The molecule has 1 heterocycles. The van der Waals surface area contributed by atoms with Crippen LogP contribution in [0.2, 0.25) is 0 Å². The number of hydrogen-bond acceptors (Lipinski definition) is 4. The molecule has 5 nitrogen and oxygen atoms in total. The molecule has 1 amide bonds. The van der Waals surface area contributed by atoms with Crippen LogP contribution in [-0.4, -0.2) is 16.1 Å². The minimum absolute atomic E-state index is 0.232. The molecular weight excluding hydrogens is 368 g/mol. The standard InChI is InChI=1S/C18H15BrN4O/c1-12-5-7-15(8-6-12)20-16-9-10-17(23-22-16)21-18(24)13-3-2-4-14(19)11-13/h2-11H,1H3,(H,20,22)(H,21,23,24). The topological polar surface area (TPSA) is 66.9 Å². The van der Waals surface area contributed by atoms with E-state index in [0.717, 1.165) is 10.2 Å². The lowest BCUT2D eigenvalue weighted by Gasteiger charge is -2.07. The lowest BCUT2D eigenvalue weighted by atomic mass is 10.2. The SMILES string of the molecule is Cc1ccc(Nc2ccc(NC(=O)c3cccc(Br)c3)nn2)cc1. The number of carbonyl (C=O) groups excluding carboxylic acids is 1. The Morgan fingerprint density at radius 3 is 2.33 bits per heavy atom. The summed E-state index contributed by atoms with van der Waals surface area (Å²) in [6, 6.07) is 18.6. The summed E-state index contributed by atoms with van der Waals surface area (Å²) in [7, 11) is 0. The number of rotatable bonds is 4. The molecule has 0 fully saturated rings. The molecule has 24 heavy (non-hydrogen) atoms. The average molecular weight is 383 g/mol. The molecule has 3 rings (SSSR count). The van der Waals surface area contributed by atoms with Gasteiger partial charge in [-0.15, -0.1) is 10.2 Å². The Kier molecular flexibility index (Phi) is 4.86. The predicted octanol–water partition coefficient (Wildman–Crippen LogP) is 4.54. The number of nitrogens with zero attached hydrogens (tertiary/aromatic N) is 2. The molecule has 0 saturated carbocycles. The third kappa shape index (κ3) is 4.17. The van der Waals surface area contributed by atoms with Crippen molar-refractivity contribution in [3.63, 3.8) is 0 Å². The van der Waals surface area contributed by atoms with Crippen LogP contribution in [0.5, 0.6) is 0 Å². The Morgan fingerprint density at radius 1 is 0.958 bits per heavy atom. The van der Waals surface area contributed by atoms with Gasteiger partial charge in [0, 0.05) is 15.7 Å². The zero-order valence-electron chi connectivity index (χ0n) is 13.0. The molecule has 0 aliphatic rings. The summed E-state index contributed by atoms with van der Waals surface area (Å²) in [5.41, 5.74) is 2.67. The average Bonchev–Trinajstić information content (AvgIpc) is 2.59. The van der Waals surface area contributed by atoms with Crippen molar-refractivity contribution >= 4 is 39.2 Å². The number of halogens is 1. The van der Waals surface area contributed by atoms with Crippen molar-refractivity contribution in [2.75, 3.05) is 10.6 Å². The van der Waals surface area contributed by atoms with Gasteiger partial charge in [0.1, 0.15) is 0 Å².